The van der Waals surface area contributed by atoms with Gasteiger partial charge in [-0.25, -0.2) is 9.97 Å². The normalized spacial score (nSPS) is 11.6. The largest absolute Gasteiger partial charge is 0.389 e. The number of nitrogens with one attached hydrogen (secondary N) is 1. The lowest BCUT2D eigenvalue weighted by Crippen LogP contribution is -2.12. The molecule has 0 spiro atoms. The van der Waals surface area contributed by atoms with Gasteiger partial charge in [0.1, 0.15) is 11.6 Å². The van der Waals surface area contributed by atoms with Crippen molar-refractivity contribution in [1.82, 2.24) is 9.97 Å². The zero-order valence-electron chi connectivity index (χ0n) is 9.31. The van der Waals surface area contributed by atoms with Gasteiger partial charge in [-0.15, -0.1) is 0 Å². The fraction of sp³-hybridized carbons (Fsp3) is 0.600. The van der Waals surface area contributed by atoms with Gasteiger partial charge in [0.2, 0.25) is 0 Å². The maximum atomic E-state index is 12.1. The molecule has 17 heavy (non-hydrogen) atoms. The van der Waals surface area contributed by atoms with E-state index in [1.54, 1.807) is 0 Å². The second-order valence-corrected chi connectivity index (χ2v) is 4.69. The molecule has 1 N–H and O–H groups in total. The predicted octanol–water partition coefficient (Wildman–Crippen LogP) is 3.40. The quantitative estimate of drug-likeness (QED) is 0.819. The average molecular weight is 359 g/mol. The van der Waals surface area contributed by atoms with E-state index in [4.69, 9.17) is 0 Å². The summed E-state index contributed by atoms with van der Waals surface area (Å²) < 4.78 is 37.0. The van der Waals surface area contributed by atoms with Crippen LogP contribution in [0.4, 0.5) is 19.0 Å². The fourth-order valence-electron chi connectivity index (χ4n) is 1.15. The van der Waals surface area contributed by atoms with Gasteiger partial charge in [0.25, 0.3) is 0 Å². The van der Waals surface area contributed by atoms with E-state index in [9.17, 15) is 13.2 Å². The highest BCUT2D eigenvalue weighted by Crippen LogP contribution is 2.22. The first-order valence-corrected chi connectivity index (χ1v) is 6.32. The molecule has 0 fully saturated rings. The van der Waals surface area contributed by atoms with Gasteiger partial charge in [0.05, 0.1) is 9.99 Å². The summed E-state index contributed by atoms with van der Waals surface area (Å²) in [7, 11) is 0. The maximum Gasteiger partial charge on any atom is 0.389 e. The molecule has 0 saturated heterocycles. The zero-order valence-corrected chi connectivity index (χ0v) is 11.5. The minimum absolute atomic E-state index is 0.179. The fourth-order valence-corrected chi connectivity index (χ4v) is 1.60. The summed E-state index contributed by atoms with van der Waals surface area (Å²) in [5, 5.41) is 3.06. The van der Waals surface area contributed by atoms with E-state index in [1.165, 1.54) is 6.20 Å². The van der Waals surface area contributed by atoms with Crippen LogP contribution >= 0.6 is 22.6 Å². The van der Waals surface area contributed by atoms with Crippen molar-refractivity contribution in [1.29, 1.82) is 0 Å². The number of aromatic nitrogens is 2. The SMILES string of the molecule is CCCNc1nc(CCC(F)(F)F)ncc1I. The lowest BCUT2D eigenvalue weighted by molar-refractivity contribution is -0.134. The molecule has 1 rings (SSSR count). The predicted molar refractivity (Wildman–Crippen MR) is 67.9 cm³/mol. The van der Waals surface area contributed by atoms with Gasteiger partial charge < -0.3 is 5.32 Å². The summed E-state index contributed by atoms with van der Waals surface area (Å²) >= 11 is 2.05. The van der Waals surface area contributed by atoms with E-state index in [1.807, 2.05) is 6.92 Å². The van der Waals surface area contributed by atoms with Gasteiger partial charge in [-0.3, -0.25) is 0 Å². The minimum Gasteiger partial charge on any atom is -0.369 e. The highest BCUT2D eigenvalue weighted by Gasteiger charge is 2.27. The smallest absolute Gasteiger partial charge is 0.369 e. The number of nitrogens with zero attached hydrogens (tertiary/aromatic N) is 2. The Bertz CT molecular complexity index is 368. The van der Waals surface area contributed by atoms with Crippen LogP contribution in [0, 0.1) is 3.57 Å². The molecule has 0 aliphatic carbocycles. The van der Waals surface area contributed by atoms with E-state index in [0.717, 1.165) is 16.5 Å². The van der Waals surface area contributed by atoms with Crippen molar-refractivity contribution in [2.75, 3.05) is 11.9 Å². The van der Waals surface area contributed by atoms with Crippen molar-refractivity contribution in [3.8, 4) is 0 Å². The van der Waals surface area contributed by atoms with Crippen LogP contribution in [0.25, 0.3) is 0 Å². The Morgan fingerprint density at radius 2 is 2.12 bits per heavy atom. The van der Waals surface area contributed by atoms with Crippen LogP contribution in [-0.2, 0) is 6.42 Å². The zero-order chi connectivity index (χ0) is 12.9. The van der Waals surface area contributed by atoms with Crippen LogP contribution in [0.15, 0.2) is 6.20 Å². The first kappa shape index (κ1) is 14.5. The summed E-state index contributed by atoms with van der Waals surface area (Å²) in [6.07, 6.45) is -2.76. The van der Waals surface area contributed by atoms with E-state index in [2.05, 4.69) is 37.9 Å². The highest BCUT2D eigenvalue weighted by molar-refractivity contribution is 14.1. The molecule has 7 heteroatoms. The number of aryl methyl sites for hydroxylation is 1. The Labute approximate surface area is 111 Å². The molecule has 0 saturated carbocycles. The summed E-state index contributed by atoms with van der Waals surface area (Å²) in [5.74, 6) is 0.834. The van der Waals surface area contributed by atoms with Gasteiger partial charge in [0, 0.05) is 19.2 Å². The van der Waals surface area contributed by atoms with Crippen LogP contribution in [0.5, 0.6) is 0 Å². The Balaban J connectivity index is 2.67. The van der Waals surface area contributed by atoms with Crippen molar-refractivity contribution in [3.63, 3.8) is 0 Å². The standard InChI is InChI=1S/C10H13F3IN3/c1-2-5-15-9-7(14)6-16-8(17-9)3-4-10(11,12)13/h6H,2-5H2,1H3,(H,15,16,17). The van der Waals surface area contributed by atoms with E-state index in [0.29, 0.717) is 5.82 Å². The van der Waals surface area contributed by atoms with Crippen LogP contribution in [-0.4, -0.2) is 22.7 Å². The molecule has 0 bridgehead atoms. The topological polar surface area (TPSA) is 37.8 Å². The Morgan fingerprint density at radius 3 is 2.71 bits per heavy atom. The minimum atomic E-state index is -4.16. The third-order valence-corrected chi connectivity index (χ3v) is 2.76. The summed E-state index contributed by atoms with van der Waals surface area (Å²) in [6.45, 7) is 2.75. The lowest BCUT2D eigenvalue weighted by atomic mass is 10.3. The number of hydrogen-bond donors (Lipinski definition) is 1. The molecule has 1 aromatic rings. The second-order valence-electron chi connectivity index (χ2n) is 3.52. The van der Waals surface area contributed by atoms with Crippen LogP contribution in [0.3, 0.4) is 0 Å². The van der Waals surface area contributed by atoms with E-state index >= 15 is 0 Å². The number of halogens is 4. The molecule has 0 atom stereocenters. The van der Waals surface area contributed by atoms with Crippen LogP contribution in [0.1, 0.15) is 25.6 Å². The van der Waals surface area contributed by atoms with Gasteiger partial charge in [0.15, 0.2) is 0 Å². The Kier molecular flexibility index (Phi) is 5.41. The molecule has 0 aliphatic rings. The lowest BCUT2D eigenvalue weighted by Gasteiger charge is -2.09. The average Bonchev–Trinajstić information content (AvgIpc) is 2.25. The molecule has 1 aromatic heterocycles. The monoisotopic (exact) mass is 359 g/mol. The van der Waals surface area contributed by atoms with Crippen LogP contribution < -0.4 is 5.32 Å². The van der Waals surface area contributed by atoms with Crippen molar-refractivity contribution in [3.05, 3.63) is 15.6 Å². The molecule has 96 valence electrons. The molecular weight excluding hydrogens is 346 g/mol. The Hall–Kier alpha value is -0.600. The third kappa shape index (κ3) is 5.51. The van der Waals surface area contributed by atoms with Crippen LogP contribution in [0.2, 0.25) is 0 Å². The van der Waals surface area contributed by atoms with Crippen molar-refractivity contribution < 1.29 is 13.2 Å². The summed E-state index contributed by atoms with van der Waals surface area (Å²) in [4.78, 5) is 7.97. The van der Waals surface area contributed by atoms with Crippen molar-refractivity contribution in [2.24, 2.45) is 0 Å². The molecule has 0 aliphatic heterocycles. The highest BCUT2D eigenvalue weighted by atomic mass is 127. The van der Waals surface area contributed by atoms with Crippen molar-refractivity contribution in [2.45, 2.75) is 32.4 Å². The number of alkyl halides is 3. The molecule has 1 heterocycles. The molecule has 0 radical (unpaired) electrons. The summed E-state index contributed by atoms with van der Waals surface area (Å²) in [5.41, 5.74) is 0. The molecule has 3 nitrogen and oxygen atoms in total. The van der Waals surface area contributed by atoms with Gasteiger partial charge in [-0.2, -0.15) is 13.2 Å². The molecule has 0 aromatic carbocycles. The van der Waals surface area contributed by atoms with E-state index in [-0.39, 0.29) is 12.2 Å². The Morgan fingerprint density at radius 1 is 1.41 bits per heavy atom. The van der Waals surface area contributed by atoms with E-state index < -0.39 is 12.6 Å². The van der Waals surface area contributed by atoms with Gasteiger partial charge in [-0.05, 0) is 29.0 Å². The van der Waals surface area contributed by atoms with Gasteiger partial charge >= 0.3 is 6.18 Å². The second kappa shape index (κ2) is 6.36. The number of hydrogen-bond acceptors (Lipinski definition) is 3. The molecule has 0 unspecified atom stereocenters. The maximum absolute atomic E-state index is 12.1. The number of rotatable bonds is 5. The van der Waals surface area contributed by atoms with Gasteiger partial charge in [-0.1, -0.05) is 6.92 Å². The molecule has 0 amide bonds. The first-order valence-electron chi connectivity index (χ1n) is 5.24. The summed E-state index contributed by atoms with van der Waals surface area (Å²) in [6, 6.07) is 0. The third-order valence-electron chi connectivity index (χ3n) is 1.97. The number of anilines is 1. The van der Waals surface area contributed by atoms with Crippen molar-refractivity contribution >= 4 is 28.4 Å². The molecular formula is C10H13F3IN3. The first-order chi connectivity index (χ1) is 7.92.